The van der Waals surface area contributed by atoms with Gasteiger partial charge in [-0.3, -0.25) is 25.0 Å². The van der Waals surface area contributed by atoms with Gasteiger partial charge in [0, 0.05) is 6.92 Å². The number of carbonyl (C=O) groups excluding carboxylic acids is 2. The first kappa shape index (κ1) is 18.0. The Morgan fingerprint density at radius 1 is 1.28 bits per heavy atom. The molecule has 0 atom stereocenters. The molecule has 0 bridgehead atoms. The van der Waals surface area contributed by atoms with Crippen LogP contribution in [0.1, 0.15) is 33.3 Å². The second kappa shape index (κ2) is 7.05. The van der Waals surface area contributed by atoms with E-state index in [1.165, 1.54) is 26.0 Å². The van der Waals surface area contributed by atoms with Gasteiger partial charge in [0.25, 0.3) is 5.91 Å². The van der Waals surface area contributed by atoms with Gasteiger partial charge in [-0.2, -0.15) is 0 Å². The minimum atomic E-state index is -1.22. The van der Waals surface area contributed by atoms with Crippen LogP contribution in [0.4, 0.5) is 15.8 Å². The van der Waals surface area contributed by atoms with Crippen molar-refractivity contribution in [1.29, 1.82) is 0 Å². The number of aryl methyl sites for hydroxylation is 1. The minimum absolute atomic E-state index is 0.00398. The number of hydrogen-bond acceptors (Lipinski definition) is 7. The molecular weight excluding hydrogens is 352 g/mol. The predicted octanol–water partition coefficient (Wildman–Crippen LogP) is 2.27. The van der Waals surface area contributed by atoms with Crippen LogP contribution in [0.5, 0.6) is 0 Å². The maximum Gasteiger partial charge on any atom is 0.348 e. The number of amides is 2. The highest BCUT2D eigenvalue weighted by Crippen LogP contribution is 2.30. The second-order valence-electron chi connectivity index (χ2n) is 4.87. The van der Waals surface area contributed by atoms with Gasteiger partial charge in [-0.25, -0.2) is 9.78 Å². The van der Waals surface area contributed by atoms with Crippen LogP contribution in [0.25, 0.3) is 0 Å². The van der Waals surface area contributed by atoms with Crippen molar-refractivity contribution in [3.05, 3.63) is 45.1 Å². The highest BCUT2D eigenvalue weighted by atomic mass is 32.1. The maximum atomic E-state index is 12.4. The predicted molar refractivity (Wildman–Crippen MR) is 89.2 cm³/mol. The lowest BCUT2D eigenvalue weighted by Gasteiger charge is -2.10. The highest BCUT2D eigenvalue weighted by Gasteiger charge is 2.21. The molecule has 0 radical (unpaired) electrons. The fourth-order valence-electron chi connectivity index (χ4n) is 1.94. The third kappa shape index (κ3) is 4.14. The molecule has 2 rings (SSSR count). The number of thiazole rings is 1. The SMILES string of the molecule is CC(=O)Nc1cc(C(=O)O)ccc1C(=O)Nc1nc(C)c([N+](=O)[O-])s1. The van der Waals surface area contributed by atoms with E-state index >= 15 is 0 Å². The molecule has 0 aliphatic heterocycles. The number of nitrogens with one attached hydrogen (secondary N) is 2. The van der Waals surface area contributed by atoms with Crippen LogP contribution in [0.3, 0.4) is 0 Å². The number of carbonyl (C=O) groups is 3. The monoisotopic (exact) mass is 364 g/mol. The molecule has 0 fully saturated rings. The summed E-state index contributed by atoms with van der Waals surface area (Å²) >= 11 is 0.695. The summed E-state index contributed by atoms with van der Waals surface area (Å²) in [7, 11) is 0. The Hall–Kier alpha value is -3.34. The van der Waals surface area contributed by atoms with Gasteiger partial charge in [-0.05, 0) is 36.5 Å². The van der Waals surface area contributed by atoms with E-state index in [9.17, 15) is 24.5 Å². The number of nitrogens with zero attached hydrogens (tertiary/aromatic N) is 2. The van der Waals surface area contributed by atoms with E-state index in [2.05, 4.69) is 15.6 Å². The molecule has 1 aromatic heterocycles. The van der Waals surface area contributed by atoms with Gasteiger partial charge in [0.05, 0.1) is 21.7 Å². The summed E-state index contributed by atoms with van der Waals surface area (Å²) in [6, 6.07) is 3.59. The van der Waals surface area contributed by atoms with E-state index in [-0.39, 0.29) is 32.6 Å². The molecule has 2 amide bonds. The molecular formula is C14H12N4O6S. The molecule has 0 saturated carbocycles. The molecule has 0 unspecified atom stereocenters. The standard InChI is InChI=1S/C14H12N4O6S/c1-6-12(18(23)24)25-14(15-6)17-11(20)9-4-3-8(13(21)22)5-10(9)16-7(2)19/h3-5H,1-2H3,(H,16,19)(H,21,22)(H,15,17,20). The fraction of sp³-hybridized carbons (Fsp3) is 0.143. The average molecular weight is 364 g/mol. The first-order chi connectivity index (χ1) is 11.7. The van der Waals surface area contributed by atoms with Crippen molar-refractivity contribution in [2.75, 3.05) is 10.6 Å². The van der Waals surface area contributed by atoms with E-state index in [0.29, 0.717) is 11.3 Å². The Morgan fingerprint density at radius 2 is 1.96 bits per heavy atom. The van der Waals surface area contributed by atoms with E-state index < -0.39 is 22.7 Å². The molecule has 10 nitrogen and oxygen atoms in total. The Kier molecular flexibility index (Phi) is 5.08. The second-order valence-corrected chi connectivity index (χ2v) is 5.85. The normalized spacial score (nSPS) is 10.2. The van der Waals surface area contributed by atoms with E-state index in [0.717, 1.165) is 6.07 Å². The van der Waals surface area contributed by atoms with E-state index in [1.54, 1.807) is 0 Å². The molecule has 11 heteroatoms. The first-order valence-electron chi connectivity index (χ1n) is 6.77. The Bertz CT molecular complexity index is 891. The van der Waals surface area contributed by atoms with Crippen LogP contribution in [0.15, 0.2) is 18.2 Å². The van der Waals surface area contributed by atoms with Crippen molar-refractivity contribution in [3.63, 3.8) is 0 Å². The van der Waals surface area contributed by atoms with E-state index in [4.69, 9.17) is 5.11 Å². The molecule has 3 N–H and O–H groups in total. The largest absolute Gasteiger partial charge is 0.478 e. The average Bonchev–Trinajstić information content (AvgIpc) is 2.87. The van der Waals surface area contributed by atoms with Gasteiger partial charge in [-0.15, -0.1) is 0 Å². The Morgan fingerprint density at radius 3 is 2.48 bits per heavy atom. The third-order valence-electron chi connectivity index (χ3n) is 2.98. The summed E-state index contributed by atoms with van der Waals surface area (Å²) in [4.78, 5) is 48.8. The summed E-state index contributed by atoms with van der Waals surface area (Å²) in [6.07, 6.45) is 0. The first-order valence-corrected chi connectivity index (χ1v) is 7.58. The maximum absolute atomic E-state index is 12.4. The van der Waals surface area contributed by atoms with Crippen LogP contribution in [-0.4, -0.2) is 32.8 Å². The van der Waals surface area contributed by atoms with Gasteiger partial charge >= 0.3 is 11.0 Å². The van der Waals surface area contributed by atoms with E-state index in [1.807, 2.05) is 0 Å². The summed E-state index contributed by atoms with van der Waals surface area (Å²) in [5.41, 5.74) is 0.0537. The zero-order valence-corrected chi connectivity index (χ0v) is 13.8. The molecule has 0 aliphatic rings. The number of aromatic nitrogens is 1. The van der Waals surface area contributed by atoms with Gasteiger partial charge in [-0.1, -0.05) is 0 Å². The van der Waals surface area contributed by atoms with Gasteiger partial charge < -0.3 is 10.4 Å². The van der Waals surface area contributed by atoms with Crippen LogP contribution in [0, 0.1) is 17.0 Å². The van der Waals surface area contributed by atoms with Crippen molar-refractivity contribution in [1.82, 2.24) is 4.98 Å². The number of hydrogen-bond donors (Lipinski definition) is 3. The van der Waals surface area contributed by atoms with Crippen LogP contribution in [0.2, 0.25) is 0 Å². The molecule has 0 aliphatic carbocycles. The quantitative estimate of drug-likeness (QED) is 0.543. The molecule has 2 aromatic rings. The summed E-state index contributed by atoms with van der Waals surface area (Å²) in [5, 5.41) is 24.4. The Labute approximate surface area is 144 Å². The molecule has 1 heterocycles. The molecule has 0 spiro atoms. The number of anilines is 2. The molecule has 130 valence electrons. The van der Waals surface area contributed by atoms with Gasteiger partial charge in [0.15, 0.2) is 5.13 Å². The minimum Gasteiger partial charge on any atom is -0.478 e. The third-order valence-corrected chi connectivity index (χ3v) is 4.00. The summed E-state index contributed by atoms with van der Waals surface area (Å²) in [6.45, 7) is 2.65. The molecule has 0 saturated heterocycles. The number of benzene rings is 1. The number of nitro groups is 1. The lowest BCUT2D eigenvalue weighted by Crippen LogP contribution is -2.17. The summed E-state index contributed by atoms with van der Waals surface area (Å²) < 4.78 is 0. The van der Waals surface area contributed by atoms with Crippen molar-refractivity contribution in [2.45, 2.75) is 13.8 Å². The van der Waals surface area contributed by atoms with Crippen LogP contribution < -0.4 is 10.6 Å². The van der Waals surface area contributed by atoms with Crippen LogP contribution in [-0.2, 0) is 4.79 Å². The number of carboxylic acid groups (broad SMARTS) is 1. The number of rotatable bonds is 5. The van der Waals surface area contributed by atoms with Crippen molar-refractivity contribution < 1.29 is 24.4 Å². The lowest BCUT2D eigenvalue weighted by molar-refractivity contribution is -0.380. The van der Waals surface area contributed by atoms with Gasteiger partial charge in [0.1, 0.15) is 5.69 Å². The summed E-state index contributed by atoms with van der Waals surface area (Å²) in [5.74, 6) is -2.40. The highest BCUT2D eigenvalue weighted by molar-refractivity contribution is 7.19. The van der Waals surface area contributed by atoms with Gasteiger partial charge in [0.2, 0.25) is 5.91 Å². The van der Waals surface area contributed by atoms with Crippen LogP contribution >= 0.6 is 11.3 Å². The molecule has 1 aromatic carbocycles. The lowest BCUT2D eigenvalue weighted by atomic mass is 10.1. The zero-order chi connectivity index (χ0) is 18.7. The number of carboxylic acids is 1. The fourth-order valence-corrected chi connectivity index (χ4v) is 2.72. The zero-order valence-electron chi connectivity index (χ0n) is 13.0. The number of aromatic carboxylic acids is 1. The molecule has 25 heavy (non-hydrogen) atoms. The topological polar surface area (TPSA) is 152 Å². The van der Waals surface area contributed by atoms with Crippen molar-refractivity contribution in [2.24, 2.45) is 0 Å². The van der Waals surface area contributed by atoms with Crippen molar-refractivity contribution in [3.8, 4) is 0 Å². The Balaban J connectivity index is 2.34. The van der Waals surface area contributed by atoms with Crippen molar-refractivity contribution >= 4 is 44.9 Å². The smallest absolute Gasteiger partial charge is 0.348 e.